The Bertz CT molecular complexity index is 692. The Labute approximate surface area is 121 Å². The fourth-order valence-electron chi connectivity index (χ4n) is 2.97. The van der Waals surface area contributed by atoms with Crippen LogP contribution in [0.4, 0.5) is 8.78 Å². The van der Waals surface area contributed by atoms with E-state index in [1.165, 1.54) is 6.07 Å². The first-order valence-electron chi connectivity index (χ1n) is 6.88. The second-order valence-electron chi connectivity index (χ2n) is 5.37. The van der Waals surface area contributed by atoms with Gasteiger partial charge in [-0.1, -0.05) is 6.92 Å². The monoisotopic (exact) mass is 297 g/mol. The molecule has 1 N–H and O–H groups in total. The van der Waals surface area contributed by atoms with Crippen molar-refractivity contribution in [1.29, 1.82) is 0 Å². The van der Waals surface area contributed by atoms with Gasteiger partial charge in [0.1, 0.15) is 11.3 Å². The summed E-state index contributed by atoms with van der Waals surface area (Å²) in [5.41, 5.74) is 0.809. The maximum absolute atomic E-state index is 13.7. The molecular weight excluding hydrogens is 280 g/mol. The lowest BCUT2D eigenvalue weighted by atomic mass is 10.1. The van der Waals surface area contributed by atoms with Gasteiger partial charge in [0, 0.05) is 19.2 Å². The molecule has 0 bridgehead atoms. The van der Waals surface area contributed by atoms with Crippen LogP contribution in [-0.2, 0) is 6.54 Å². The van der Waals surface area contributed by atoms with E-state index < -0.39 is 11.6 Å². The summed E-state index contributed by atoms with van der Waals surface area (Å²) < 4.78 is 29.4. The first kappa shape index (κ1) is 13.7. The van der Waals surface area contributed by atoms with Crippen molar-refractivity contribution in [3.05, 3.63) is 28.5 Å². The Hall–Kier alpha value is -1.27. The maximum atomic E-state index is 13.7. The lowest BCUT2D eigenvalue weighted by molar-refractivity contribution is 0.333. The van der Waals surface area contributed by atoms with E-state index in [-0.39, 0.29) is 0 Å². The zero-order chi connectivity index (χ0) is 14.3. The normalized spacial score (nSPS) is 20.1. The summed E-state index contributed by atoms with van der Waals surface area (Å²) in [7, 11) is 0. The number of likely N-dealkylation sites (tertiary alicyclic amines) is 1. The highest BCUT2D eigenvalue weighted by Gasteiger charge is 2.22. The molecule has 6 heteroatoms. The van der Waals surface area contributed by atoms with Gasteiger partial charge in [-0.2, -0.15) is 0 Å². The van der Waals surface area contributed by atoms with Crippen molar-refractivity contribution in [2.45, 2.75) is 19.9 Å². The minimum Gasteiger partial charge on any atom is -0.328 e. The van der Waals surface area contributed by atoms with Crippen molar-refractivity contribution in [3.8, 4) is 0 Å². The molecule has 0 radical (unpaired) electrons. The highest BCUT2D eigenvalue weighted by molar-refractivity contribution is 7.71. The lowest BCUT2D eigenvalue weighted by Crippen LogP contribution is -2.21. The molecule has 1 fully saturated rings. The maximum Gasteiger partial charge on any atom is 0.178 e. The van der Waals surface area contributed by atoms with Crippen LogP contribution in [0.3, 0.4) is 0 Å². The van der Waals surface area contributed by atoms with E-state index in [0.717, 1.165) is 32.1 Å². The molecule has 1 saturated heterocycles. The summed E-state index contributed by atoms with van der Waals surface area (Å²) in [6.07, 6.45) is 1.10. The number of imidazole rings is 1. The molecule has 108 valence electrons. The van der Waals surface area contributed by atoms with Crippen LogP contribution < -0.4 is 0 Å². The highest BCUT2D eigenvalue weighted by Crippen LogP contribution is 2.23. The average Bonchev–Trinajstić information content (AvgIpc) is 2.97. The third-order valence-electron chi connectivity index (χ3n) is 4.06. The highest BCUT2D eigenvalue weighted by atomic mass is 32.1. The van der Waals surface area contributed by atoms with Crippen LogP contribution in [0.5, 0.6) is 0 Å². The number of fused-ring (bicyclic) bond motifs is 1. The molecule has 1 aliphatic rings. The second kappa shape index (κ2) is 5.26. The summed E-state index contributed by atoms with van der Waals surface area (Å²) in [5.74, 6) is -0.683. The zero-order valence-electron chi connectivity index (χ0n) is 11.3. The topological polar surface area (TPSA) is 24.0 Å². The predicted octanol–water partition coefficient (Wildman–Crippen LogP) is 3.32. The largest absolute Gasteiger partial charge is 0.328 e. The van der Waals surface area contributed by atoms with Gasteiger partial charge in [-0.3, -0.25) is 0 Å². The van der Waals surface area contributed by atoms with Crippen molar-refractivity contribution in [2.75, 3.05) is 19.6 Å². The van der Waals surface area contributed by atoms with Gasteiger partial charge in [0.15, 0.2) is 10.6 Å². The minimum atomic E-state index is -0.591. The third kappa shape index (κ3) is 2.38. The fourth-order valence-corrected chi connectivity index (χ4v) is 3.24. The molecule has 0 aliphatic carbocycles. The van der Waals surface area contributed by atoms with Crippen molar-refractivity contribution in [1.82, 2.24) is 14.5 Å². The van der Waals surface area contributed by atoms with E-state index in [0.29, 0.717) is 28.3 Å². The van der Waals surface area contributed by atoms with E-state index in [4.69, 9.17) is 12.2 Å². The number of hydrogen-bond donors (Lipinski definition) is 1. The summed E-state index contributed by atoms with van der Waals surface area (Å²) in [5, 5.41) is 0. The number of benzene rings is 1. The number of rotatable bonds is 3. The molecule has 1 aromatic heterocycles. The van der Waals surface area contributed by atoms with Crippen molar-refractivity contribution < 1.29 is 8.78 Å². The van der Waals surface area contributed by atoms with Crippen molar-refractivity contribution in [2.24, 2.45) is 5.92 Å². The number of nitrogens with zero attached hydrogens (tertiary/aromatic N) is 2. The number of aromatic amines is 1. The molecule has 0 spiro atoms. The summed E-state index contributed by atoms with van der Waals surface area (Å²) in [6.45, 7) is 5.99. The molecule has 2 heterocycles. The molecule has 20 heavy (non-hydrogen) atoms. The third-order valence-corrected chi connectivity index (χ3v) is 4.38. The number of hydrogen-bond acceptors (Lipinski definition) is 2. The number of halogens is 2. The van der Waals surface area contributed by atoms with E-state index in [2.05, 4.69) is 16.8 Å². The predicted molar refractivity (Wildman–Crippen MR) is 77.3 cm³/mol. The quantitative estimate of drug-likeness (QED) is 0.879. The SMILES string of the molecule is CCN1CCC(Cn2c(=S)[nH]c3c(F)cc(F)cc32)C1. The summed E-state index contributed by atoms with van der Waals surface area (Å²) in [4.78, 5) is 5.22. The lowest BCUT2D eigenvalue weighted by Gasteiger charge is -2.14. The van der Waals surface area contributed by atoms with Crippen LogP contribution in [0.1, 0.15) is 13.3 Å². The Balaban J connectivity index is 1.95. The Morgan fingerprint density at radius 2 is 2.20 bits per heavy atom. The molecule has 2 aromatic rings. The summed E-state index contributed by atoms with van der Waals surface area (Å²) >= 11 is 5.25. The molecule has 1 unspecified atom stereocenters. The molecule has 1 atom stereocenters. The van der Waals surface area contributed by atoms with E-state index in [1.54, 1.807) is 0 Å². The molecule has 0 amide bonds. The molecule has 3 nitrogen and oxygen atoms in total. The zero-order valence-corrected chi connectivity index (χ0v) is 12.1. The van der Waals surface area contributed by atoms with Crippen LogP contribution in [0.15, 0.2) is 12.1 Å². The van der Waals surface area contributed by atoms with Gasteiger partial charge < -0.3 is 14.5 Å². The number of aromatic nitrogens is 2. The first-order chi connectivity index (χ1) is 9.58. The molecule has 3 rings (SSSR count). The van der Waals surface area contributed by atoms with Crippen molar-refractivity contribution >= 4 is 23.3 Å². The molecule has 1 aliphatic heterocycles. The van der Waals surface area contributed by atoms with Crippen LogP contribution in [-0.4, -0.2) is 34.1 Å². The van der Waals surface area contributed by atoms with Gasteiger partial charge >= 0.3 is 0 Å². The Kier molecular flexibility index (Phi) is 3.60. The fraction of sp³-hybridized carbons (Fsp3) is 0.500. The first-order valence-corrected chi connectivity index (χ1v) is 7.29. The van der Waals surface area contributed by atoms with Crippen molar-refractivity contribution in [3.63, 3.8) is 0 Å². The molecular formula is C14H17F2N3S. The van der Waals surface area contributed by atoms with Gasteiger partial charge in [-0.15, -0.1) is 0 Å². The Morgan fingerprint density at radius 3 is 2.90 bits per heavy atom. The smallest absolute Gasteiger partial charge is 0.178 e. The van der Waals surface area contributed by atoms with Gasteiger partial charge in [0.25, 0.3) is 0 Å². The summed E-state index contributed by atoms with van der Waals surface area (Å²) in [6, 6.07) is 2.23. The van der Waals surface area contributed by atoms with E-state index >= 15 is 0 Å². The van der Waals surface area contributed by atoms with Gasteiger partial charge in [-0.25, -0.2) is 8.78 Å². The number of nitrogens with one attached hydrogen (secondary N) is 1. The number of H-pyrrole nitrogens is 1. The van der Waals surface area contributed by atoms with Crippen LogP contribution in [0, 0.1) is 22.3 Å². The van der Waals surface area contributed by atoms with Gasteiger partial charge in [0.05, 0.1) is 5.52 Å². The van der Waals surface area contributed by atoms with Crippen LogP contribution in [0.2, 0.25) is 0 Å². The standard InChI is InChI=1S/C14H17F2N3S/c1-2-18-4-3-9(7-18)8-19-12-6-10(15)5-11(16)13(12)17-14(19)20/h5-6,9H,2-4,7-8H2,1H3,(H,17,20). The van der Waals surface area contributed by atoms with Crippen LogP contribution >= 0.6 is 12.2 Å². The van der Waals surface area contributed by atoms with Gasteiger partial charge in [-0.05, 0) is 43.7 Å². The Morgan fingerprint density at radius 1 is 1.40 bits per heavy atom. The van der Waals surface area contributed by atoms with E-state index in [9.17, 15) is 8.78 Å². The molecule has 1 aromatic carbocycles. The van der Waals surface area contributed by atoms with Gasteiger partial charge in [0.2, 0.25) is 0 Å². The second-order valence-corrected chi connectivity index (χ2v) is 5.76. The van der Waals surface area contributed by atoms with E-state index in [1.807, 2.05) is 4.57 Å². The minimum absolute atomic E-state index is 0.293. The molecule has 0 saturated carbocycles. The average molecular weight is 297 g/mol. The van der Waals surface area contributed by atoms with Crippen LogP contribution in [0.25, 0.3) is 11.0 Å².